The second kappa shape index (κ2) is 5.71. The number of rotatable bonds is 3. The molecule has 102 valence electrons. The topological polar surface area (TPSA) is 49.8 Å². The van der Waals surface area contributed by atoms with Crippen molar-refractivity contribution in [2.24, 2.45) is 0 Å². The van der Waals surface area contributed by atoms with E-state index >= 15 is 0 Å². The lowest BCUT2D eigenvalue weighted by molar-refractivity contribution is 1.20. The fourth-order valence-electron chi connectivity index (χ4n) is 1.78. The van der Waals surface area contributed by atoms with Crippen LogP contribution in [0.2, 0.25) is 5.02 Å². The number of hydrogen-bond acceptors (Lipinski definition) is 5. The molecule has 0 aliphatic rings. The number of hydrogen-bond donors (Lipinski definition) is 2. The molecule has 0 aliphatic heterocycles. The van der Waals surface area contributed by atoms with Crippen molar-refractivity contribution >= 4 is 73.2 Å². The number of nitrogens with zero attached hydrogens (tertiary/aromatic N) is 2. The van der Waals surface area contributed by atoms with Crippen molar-refractivity contribution < 1.29 is 0 Å². The zero-order valence-corrected chi connectivity index (χ0v) is 14.2. The molecule has 0 atom stereocenters. The second-order valence-corrected chi connectivity index (χ2v) is 6.58. The highest BCUT2D eigenvalue weighted by Gasteiger charge is 2.10. The summed E-state index contributed by atoms with van der Waals surface area (Å²) in [5, 5.41) is 9.91. The molecular formula is C13H10ClIN4S. The third-order valence-electron chi connectivity index (χ3n) is 2.73. The summed E-state index contributed by atoms with van der Waals surface area (Å²) in [6.07, 6.45) is 0. The van der Waals surface area contributed by atoms with E-state index in [0.717, 1.165) is 25.3 Å². The number of benzene rings is 1. The van der Waals surface area contributed by atoms with Crippen molar-refractivity contribution in [1.29, 1.82) is 0 Å². The van der Waals surface area contributed by atoms with Crippen LogP contribution in [-0.2, 0) is 0 Å². The van der Waals surface area contributed by atoms with Gasteiger partial charge in [-0.1, -0.05) is 11.6 Å². The third-order valence-corrected chi connectivity index (χ3v) is 4.52. The Bertz CT molecular complexity index is 774. The molecule has 0 aliphatic carbocycles. The first kappa shape index (κ1) is 13.8. The number of aromatic nitrogens is 2. The lowest BCUT2D eigenvalue weighted by atomic mass is 10.3. The fourth-order valence-corrected chi connectivity index (χ4v) is 3.45. The molecule has 1 aromatic carbocycles. The van der Waals surface area contributed by atoms with Crippen LogP contribution >= 0.6 is 45.5 Å². The van der Waals surface area contributed by atoms with Gasteiger partial charge in [-0.15, -0.1) is 11.3 Å². The minimum atomic E-state index is 0.587. The van der Waals surface area contributed by atoms with Crippen LogP contribution < -0.4 is 10.6 Å². The molecule has 2 heterocycles. The van der Waals surface area contributed by atoms with Crippen LogP contribution in [0.15, 0.2) is 29.6 Å². The summed E-state index contributed by atoms with van der Waals surface area (Å²) >= 11 is 10.1. The summed E-state index contributed by atoms with van der Waals surface area (Å²) in [5.41, 5.74) is 0.834. The average molecular weight is 417 g/mol. The van der Waals surface area contributed by atoms with Gasteiger partial charge in [0.1, 0.15) is 10.6 Å². The van der Waals surface area contributed by atoms with Crippen LogP contribution in [0.5, 0.6) is 0 Å². The maximum Gasteiger partial charge on any atom is 0.225 e. The predicted octanol–water partition coefficient (Wildman–Crippen LogP) is 4.73. The van der Waals surface area contributed by atoms with Gasteiger partial charge in [0.25, 0.3) is 0 Å². The molecule has 0 saturated carbocycles. The minimum absolute atomic E-state index is 0.587. The van der Waals surface area contributed by atoms with Crippen molar-refractivity contribution in [1.82, 2.24) is 9.97 Å². The van der Waals surface area contributed by atoms with E-state index in [0.29, 0.717) is 11.0 Å². The van der Waals surface area contributed by atoms with Gasteiger partial charge in [-0.2, -0.15) is 4.98 Å². The Hall–Kier alpha value is -1.12. The molecule has 4 nitrogen and oxygen atoms in total. The van der Waals surface area contributed by atoms with E-state index in [1.807, 2.05) is 29.6 Å². The van der Waals surface area contributed by atoms with E-state index in [1.165, 1.54) is 0 Å². The van der Waals surface area contributed by atoms with Gasteiger partial charge in [0.2, 0.25) is 5.95 Å². The molecule has 2 N–H and O–H groups in total. The van der Waals surface area contributed by atoms with Crippen molar-refractivity contribution in [2.75, 3.05) is 17.7 Å². The highest BCUT2D eigenvalue weighted by atomic mass is 127. The van der Waals surface area contributed by atoms with Crippen molar-refractivity contribution in [2.45, 2.75) is 0 Å². The number of thiophene rings is 1. The minimum Gasteiger partial charge on any atom is -0.357 e. The maximum atomic E-state index is 6.25. The van der Waals surface area contributed by atoms with E-state index in [9.17, 15) is 0 Å². The second-order valence-electron chi connectivity index (χ2n) is 4.03. The Morgan fingerprint density at radius 3 is 2.85 bits per heavy atom. The molecule has 0 saturated heterocycles. The quantitative estimate of drug-likeness (QED) is 0.606. The average Bonchev–Trinajstić information content (AvgIpc) is 2.90. The summed E-state index contributed by atoms with van der Waals surface area (Å²) in [5.74, 6) is 1.34. The Kier molecular flexibility index (Phi) is 3.95. The molecule has 0 radical (unpaired) electrons. The first-order valence-electron chi connectivity index (χ1n) is 5.82. The number of fused-ring (bicyclic) bond motifs is 1. The van der Waals surface area contributed by atoms with Gasteiger partial charge in [-0.25, -0.2) is 4.98 Å². The van der Waals surface area contributed by atoms with Crippen LogP contribution in [0.1, 0.15) is 0 Å². The van der Waals surface area contributed by atoms with E-state index in [-0.39, 0.29) is 0 Å². The van der Waals surface area contributed by atoms with Gasteiger partial charge in [0.15, 0.2) is 0 Å². The van der Waals surface area contributed by atoms with Crippen LogP contribution in [0.3, 0.4) is 0 Å². The lowest BCUT2D eigenvalue weighted by Gasteiger charge is -2.10. The smallest absolute Gasteiger partial charge is 0.225 e. The Labute approximate surface area is 138 Å². The zero-order chi connectivity index (χ0) is 14.1. The fraction of sp³-hybridized carbons (Fsp3) is 0.0769. The number of anilines is 3. The third kappa shape index (κ3) is 2.68. The lowest BCUT2D eigenvalue weighted by Crippen LogP contribution is -2.01. The Morgan fingerprint density at radius 1 is 1.25 bits per heavy atom. The molecular weight excluding hydrogens is 407 g/mol. The number of nitrogens with one attached hydrogen (secondary N) is 2. The monoisotopic (exact) mass is 416 g/mol. The number of halogens is 2. The molecule has 0 fully saturated rings. The summed E-state index contributed by atoms with van der Waals surface area (Å²) in [6.45, 7) is 0. The Balaban J connectivity index is 2.07. The summed E-state index contributed by atoms with van der Waals surface area (Å²) < 4.78 is 1.09. The first-order chi connectivity index (χ1) is 9.67. The van der Waals surface area contributed by atoms with Gasteiger partial charge in [0, 0.05) is 10.6 Å². The zero-order valence-electron chi connectivity index (χ0n) is 10.4. The highest BCUT2D eigenvalue weighted by molar-refractivity contribution is 14.1. The molecule has 20 heavy (non-hydrogen) atoms. The molecule has 3 rings (SSSR count). The van der Waals surface area contributed by atoms with Crippen molar-refractivity contribution in [3.05, 3.63) is 38.2 Å². The van der Waals surface area contributed by atoms with Gasteiger partial charge >= 0.3 is 0 Å². The van der Waals surface area contributed by atoms with Crippen LogP contribution in [0.4, 0.5) is 17.5 Å². The first-order valence-corrected chi connectivity index (χ1v) is 8.16. The van der Waals surface area contributed by atoms with E-state index < -0.39 is 0 Å². The van der Waals surface area contributed by atoms with E-state index in [4.69, 9.17) is 11.6 Å². The van der Waals surface area contributed by atoms with E-state index in [2.05, 4.69) is 43.2 Å². The molecule has 2 aromatic heterocycles. The van der Waals surface area contributed by atoms with Gasteiger partial charge in [-0.05, 0) is 52.2 Å². The van der Waals surface area contributed by atoms with Crippen molar-refractivity contribution in [3.63, 3.8) is 0 Å². The highest BCUT2D eigenvalue weighted by Crippen LogP contribution is 2.31. The van der Waals surface area contributed by atoms with Crippen LogP contribution in [0, 0.1) is 3.57 Å². The van der Waals surface area contributed by atoms with Gasteiger partial charge in [0.05, 0.1) is 16.1 Å². The molecule has 0 amide bonds. The molecule has 0 bridgehead atoms. The molecule has 3 aromatic rings. The summed E-state index contributed by atoms with van der Waals surface area (Å²) in [7, 11) is 1.80. The molecule has 0 spiro atoms. The standard InChI is InChI=1S/C13H10ClIN4S/c1-16-13-18-11(8-4-5-20-12(8)19-13)17-10-3-2-7(15)6-9(10)14/h2-6H,1H3,(H2,16,17,18,19). The van der Waals surface area contributed by atoms with Crippen LogP contribution in [0.25, 0.3) is 10.2 Å². The molecule has 7 heteroatoms. The SMILES string of the molecule is CNc1nc(Nc2ccc(I)cc2Cl)c2ccsc2n1. The van der Waals surface area contributed by atoms with E-state index in [1.54, 1.807) is 18.4 Å². The Morgan fingerprint density at radius 2 is 2.10 bits per heavy atom. The predicted molar refractivity (Wildman–Crippen MR) is 94.4 cm³/mol. The maximum absolute atomic E-state index is 6.25. The van der Waals surface area contributed by atoms with Gasteiger partial charge < -0.3 is 10.6 Å². The van der Waals surface area contributed by atoms with Gasteiger partial charge in [-0.3, -0.25) is 0 Å². The van der Waals surface area contributed by atoms with Crippen LogP contribution in [-0.4, -0.2) is 17.0 Å². The normalized spacial score (nSPS) is 10.8. The summed E-state index contributed by atoms with van der Waals surface area (Å²) in [4.78, 5) is 9.82. The summed E-state index contributed by atoms with van der Waals surface area (Å²) in [6, 6.07) is 7.86. The molecule has 0 unspecified atom stereocenters. The largest absolute Gasteiger partial charge is 0.357 e. The van der Waals surface area contributed by atoms with Crippen molar-refractivity contribution in [3.8, 4) is 0 Å².